The molecule has 0 atom stereocenters. The Bertz CT molecular complexity index is 1670. The first-order valence-electron chi connectivity index (χ1n) is 16.6. The molecule has 2 aromatic carbocycles. The summed E-state index contributed by atoms with van der Waals surface area (Å²) in [5.41, 5.74) is 1.56. The van der Waals surface area contributed by atoms with Crippen LogP contribution in [0.1, 0.15) is 63.8 Å². The van der Waals surface area contributed by atoms with E-state index in [1.807, 2.05) is 20.8 Å². The molecule has 0 aliphatic heterocycles. The molecule has 17 heteroatoms. The maximum Gasteiger partial charge on any atom is 0.332 e. The number of hydrogen-bond acceptors (Lipinski definition) is 12. The van der Waals surface area contributed by atoms with Gasteiger partial charge in [-0.25, -0.2) is 21.6 Å². The van der Waals surface area contributed by atoms with Gasteiger partial charge < -0.3 is 28.8 Å². The van der Waals surface area contributed by atoms with Crippen LogP contribution in [0.3, 0.4) is 0 Å². The van der Waals surface area contributed by atoms with Crippen molar-refractivity contribution < 1.29 is 55.2 Å². The smallest absolute Gasteiger partial charge is 0.332 e. The van der Waals surface area contributed by atoms with E-state index in [2.05, 4.69) is 15.9 Å². The fraction of sp³-hybridized carbons (Fsp3) is 0.611. The van der Waals surface area contributed by atoms with Crippen molar-refractivity contribution in [1.82, 2.24) is 8.61 Å². The van der Waals surface area contributed by atoms with E-state index in [-0.39, 0.29) is 59.6 Å². The molecule has 0 aromatic heterocycles. The topological polar surface area (TPSA) is 175 Å². The fourth-order valence-corrected chi connectivity index (χ4v) is 7.89. The van der Waals surface area contributed by atoms with Gasteiger partial charge in [0, 0.05) is 27.2 Å². The van der Waals surface area contributed by atoms with E-state index < -0.39 is 31.6 Å². The molecule has 14 nitrogen and oxygen atoms in total. The van der Waals surface area contributed by atoms with Gasteiger partial charge in [-0.3, -0.25) is 4.79 Å². The van der Waals surface area contributed by atoms with Gasteiger partial charge in [0.15, 0.2) is 0 Å². The fourth-order valence-electron chi connectivity index (χ4n) is 4.65. The van der Waals surface area contributed by atoms with Crippen molar-refractivity contribution in [3.8, 4) is 11.5 Å². The summed E-state index contributed by atoms with van der Waals surface area (Å²) in [7, 11) is -1.23. The number of ether oxygens (including phenoxy) is 5. The Morgan fingerprint density at radius 2 is 1.02 bits per heavy atom. The lowest BCUT2D eigenvalue weighted by Crippen LogP contribution is -2.32. The number of aliphatic hydroxyl groups excluding tert-OH is 1. The molecule has 2 rings (SSSR count). The van der Waals surface area contributed by atoms with Crippen LogP contribution in [0.2, 0.25) is 0 Å². The Morgan fingerprint density at radius 1 is 0.679 bits per heavy atom. The van der Waals surface area contributed by atoms with Gasteiger partial charge in [-0.05, 0) is 116 Å². The largest absolute Gasteiger partial charge is 0.497 e. The minimum absolute atomic E-state index is 0.0766. The summed E-state index contributed by atoms with van der Waals surface area (Å²) in [6, 6.07) is 6.75. The van der Waals surface area contributed by atoms with Gasteiger partial charge in [-0.2, -0.15) is 8.61 Å². The maximum absolute atomic E-state index is 12.8. The highest BCUT2D eigenvalue weighted by Crippen LogP contribution is 2.29. The number of benzene rings is 2. The van der Waals surface area contributed by atoms with Crippen LogP contribution in [0, 0.1) is 27.7 Å². The molecule has 1 N–H and O–H groups in total. The van der Waals surface area contributed by atoms with Crippen LogP contribution in [-0.4, -0.2) is 120 Å². The number of esters is 2. The third-order valence-electron chi connectivity index (χ3n) is 6.81. The van der Waals surface area contributed by atoms with Crippen molar-refractivity contribution in [3.05, 3.63) is 46.5 Å². The zero-order valence-electron chi connectivity index (χ0n) is 33.6. The van der Waals surface area contributed by atoms with E-state index in [4.69, 9.17) is 28.8 Å². The summed E-state index contributed by atoms with van der Waals surface area (Å²) in [4.78, 5) is 22.7. The molecule has 2 aromatic rings. The second-order valence-electron chi connectivity index (χ2n) is 13.9. The third kappa shape index (κ3) is 17.5. The molecule has 0 amide bonds. The van der Waals surface area contributed by atoms with Crippen LogP contribution >= 0.6 is 15.9 Å². The Balaban J connectivity index is 0.000000863. The summed E-state index contributed by atoms with van der Waals surface area (Å²) in [5, 5.41) is 9.11. The van der Waals surface area contributed by atoms with E-state index in [1.54, 1.807) is 79.8 Å². The van der Waals surface area contributed by atoms with E-state index in [0.717, 1.165) is 4.31 Å². The van der Waals surface area contributed by atoms with Crippen LogP contribution in [0.25, 0.3) is 0 Å². The van der Waals surface area contributed by atoms with Gasteiger partial charge in [0.1, 0.15) is 34.6 Å². The first kappa shape index (κ1) is 50.2. The molecular formula is C36H59BrN2O12S2. The summed E-state index contributed by atoms with van der Waals surface area (Å²) >= 11 is 2.99. The number of aliphatic hydroxyl groups is 1. The molecular weight excluding hydrogens is 796 g/mol. The quantitative estimate of drug-likeness (QED) is 0.154. The Kier molecular flexibility index (Phi) is 20.8. The molecule has 0 fully saturated rings. The molecule has 0 aliphatic rings. The zero-order chi connectivity index (χ0) is 41.5. The number of carbonyl (C=O) groups is 2. The first-order valence-corrected chi connectivity index (χ1v) is 20.6. The second-order valence-corrected chi connectivity index (χ2v) is 18.4. The van der Waals surface area contributed by atoms with Gasteiger partial charge in [0.25, 0.3) is 0 Å². The molecule has 0 saturated carbocycles. The molecule has 0 saturated heterocycles. The van der Waals surface area contributed by atoms with E-state index in [9.17, 15) is 26.4 Å². The molecule has 0 radical (unpaired) electrons. The molecule has 304 valence electrons. The van der Waals surface area contributed by atoms with Crippen LogP contribution < -0.4 is 9.47 Å². The number of carbonyl (C=O) groups excluding carboxylic acids is 2. The SMILES string of the molecule is CC(C)(C)OC(=O)CBr.COc1cc(C)c(S(=O)(=O)N(C)CCO)c(C)c1.COc1cc(C)c(S(=O)(=O)N(C)CCOCC(=O)OC(C)(C)C)c(C)c1. The van der Waals surface area contributed by atoms with Crippen molar-refractivity contribution in [3.63, 3.8) is 0 Å². The van der Waals surface area contributed by atoms with Crippen molar-refractivity contribution in [1.29, 1.82) is 0 Å². The predicted molar refractivity (Wildman–Crippen MR) is 208 cm³/mol. The number of nitrogens with zero attached hydrogens (tertiary/aromatic N) is 2. The number of halogens is 1. The molecule has 53 heavy (non-hydrogen) atoms. The lowest BCUT2D eigenvalue weighted by molar-refractivity contribution is -0.160. The Morgan fingerprint density at radius 3 is 1.30 bits per heavy atom. The summed E-state index contributed by atoms with van der Waals surface area (Å²) in [6.07, 6.45) is 0. The number of rotatable bonds is 14. The van der Waals surface area contributed by atoms with Crippen LogP contribution in [-0.2, 0) is 43.8 Å². The first-order chi connectivity index (χ1) is 24.2. The van der Waals surface area contributed by atoms with Gasteiger partial charge in [-0.15, -0.1) is 0 Å². The normalized spacial score (nSPS) is 12.0. The lowest BCUT2D eigenvalue weighted by atomic mass is 10.1. The van der Waals surface area contributed by atoms with Gasteiger partial charge in [-0.1, -0.05) is 15.9 Å². The van der Waals surface area contributed by atoms with Crippen molar-refractivity contribution in [2.24, 2.45) is 0 Å². The van der Waals surface area contributed by atoms with Crippen molar-refractivity contribution in [2.45, 2.75) is 90.2 Å². The summed E-state index contributed by atoms with van der Waals surface area (Å²) in [6.45, 7) is 17.6. The molecule has 0 spiro atoms. The monoisotopic (exact) mass is 854 g/mol. The standard InChI is InChI=1S/C18H29NO6S.C12H19NO4S.C6H11BrO2/c1-13-10-15(23-7)11-14(2)17(13)26(21,22)19(6)8-9-24-12-16(20)25-18(3,4)5;1-9-7-11(17-4)8-10(2)12(9)18(15,16)13(3)5-6-14;1-6(2,3)9-5(8)4-7/h10-11H,8-9,12H2,1-7H3;7-8,14H,5-6H2,1-4H3;4H2,1-3H3. The zero-order valence-corrected chi connectivity index (χ0v) is 36.8. The highest BCUT2D eigenvalue weighted by Gasteiger charge is 2.26. The Hall–Kier alpha value is -2.80. The number of alkyl halides is 1. The second kappa shape index (κ2) is 21.9. The van der Waals surface area contributed by atoms with Gasteiger partial charge >= 0.3 is 11.9 Å². The summed E-state index contributed by atoms with van der Waals surface area (Å²) < 4.78 is 78.2. The number of sulfonamides is 2. The Labute approximate surface area is 325 Å². The third-order valence-corrected chi connectivity index (χ3v) is 11.6. The number of hydrogen-bond donors (Lipinski definition) is 1. The average Bonchev–Trinajstić information content (AvgIpc) is 3.00. The number of methoxy groups -OCH3 is 2. The number of aryl methyl sites for hydroxylation is 4. The summed E-state index contributed by atoms with van der Waals surface area (Å²) in [5.74, 6) is 0.545. The lowest BCUT2D eigenvalue weighted by Gasteiger charge is -2.21. The predicted octanol–water partition coefficient (Wildman–Crippen LogP) is 4.94. The minimum Gasteiger partial charge on any atom is -0.497 e. The van der Waals surface area contributed by atoms with Crippen molar-refractivity contribution in [2.75, 3.05) is 66.6 Å². The van der Waals surface area contributed by atoms with Crippen molar-refractivity contribution >= 4 is 47.9 Å². The van der Waals surface area contributed by atoms with Crippen LogP contribution in [0.4, 0.5) is 0 Å². The molecule has 0 bridgehead atoms. The molecule has 0 heterocycles. The van der Waals surface area contributed by atoms with Gasteiger partial charge in [0.2, 0.25) is 20.0 Å². The molecule has 0 aliphatic carbocycles. The van der Waals surface area contributed by atoms with E-state index in [1.165, 1.54) is 25.5 Å². The highest BCUT2D eigenvalue weighted by molar-refractivity contribution is 9.09. The average molecular weight is 856 g/mol. The van der Waals surface area contributed by atoms with E-state index >= 15 is 0 Å². The van der Waals surface area contributed by atoms with Crippen LogP contribution in [0.15, 0.2) is 34.1 Å². The molecule has 0 unspecified atom stereocenters. The van der Waals surface area contributed by atoms with Crippen LogP contribution in [0.5, 0.6) is 11.5 Å². The number of likely N-dealkylation sites (N-methyl/N-ethyl adjacent to an activating group) is 2. The highest BCUT2D eigenvalue weighted by atomic mass is 79.9. The maximum atomic E-state index is 12.8. The van der Waals surface area contributed by atoms with Gasteiger partial charge in [0.05, 0.1) is 37.2 Å². The minimum atomic E-state index is -3.67. The van der Waals surface area contributed by atoms with E-state index in [0.29, 0.717) is 33.8 Å².